The Bertz CT molecular complexity index is 598. The van der Waals surface area contributed by atoms with Crippen molar-refractivity contribution < 1.29 is 14.0 Å². The molecule has 114 valence electrons. The number of aromatic nitrogens is 2. The highest BCUT2D eigenvalue weighted by molar-refractivity contribution is 5.55. The fraction of sp³-hybridized carbons (Fsp3) is 0.467. The Kier molecular flexibility index (Phi) is 4.90. The fourth-order valence-corrected chi connectivity index (χ4v) is 2.28. The summed E-state index contributed by atoms with van der Waals surface area (Å²) in [5.41, 5.74) is 6.22. The monoisotopic (exact) mass is 293 g/mol. The summed E-state index contributed by atoms with van der Waals surface area (Å²) in [5, 5.41) is 13.0. The lowest BCUT2D eigenvalue weighted by Gasteiger charge is -2.14. The number of hydrogen-bond acceptors (Lipinski definition) is 5. The summed E-state index contributed by atoms with van der Waals surface area (Å²) >= 11 is 0. The molecule has 2 aromatic rings. The smallest absolute Gasteiger partial charge is 0.227 e. The predicted octanol–water partition coefficient (Wildman–Crippen LogP) is 2.74. The second kappa shape index (κ2) is 6.67. The van der Waals surface area contributed by atoms with Crippen LogP contribution in [0.25, 0.3) is 11.4 Å². The van der Waals surface area contributed by atoms with Gasteiger partial charge in [0, 0.05) is 12.0 Å². The molecule has 2 rings (SSSR count). The first kappa shape index (κ1) is 15.4. The molecule has 1 heterocycles. The Balaban J connectivity index is 2.11. The van der Waals surface area contributed by atoms with Crippen LogP contribution in [0.4, 0.5) is 4.39 Å². The number of benzene rings is 1. The normalized spacial score (nSPS) is 12.8. The van der Waals surface area contributed by atoms with Crippen LogP contribution >= 0.6 is 0 Å². The van der Waals surface area contributed by atoms with Crippen molar-refractivity contribution in [1.29, 1.82) is 0 Å². The van der Waals surface area contributed by atoms with Crippen LogP contribution in [0.2, 0.25) is 0 Å². The lowest BCUT2D eigenvalue weighted by Crippen LogP contribution is -2.19. The van der Waals surface area contributed by atoms with Gasteiger partial charge in [0.2, 0.25) is 11.7 Å². The molecule has 1 atom stereocenters. The third kappa shape index (κ3) is 4.01. The topological polar surface area (TPSA) is 85.2 Å². The molecule has 1 aromatic carbocycles. The third-order valence-electron chi connectivity index (χ3n) is 3.28. The van der Waals surface area contributed by atoms with Crippen LogP contribution in [0.5, 0.6) is 5.75 Å². The molecule has 0 fully saturated rings. The van der Waals surface area contributed by atoms with Crippen LogP contribution in [0.15, 0.2) is 22.7 Å². The molecule has 0 amide bonds. The average Bonchev–Trinajstić information content (AvgIpc) is 2.89. The Labute approximate surface area is 123 Å². The summed E-state index contributed by atoms with van der Waals surface area (Å²) in [5.74, 6) is 0.530. The van der Waals surface area contributed by atoms with Crippen molar-refractivity contribution >= 4 is 0 Å². The van der Waals surface area contributed by atoms with Gasteiger partial charge in [-0.3, -0.25) is 0 Å². The zero-order valence-electron chi connectivity index (χ0n) is 12.2. The standard InChI is InChI=1S/C15H20FN3O2/c1-9(2)5-10(8-17)6-14-18-15(19-21-14)11-3-4-13(20)12(16)7-11/h3-4,7,9-10,20H,5-6,8,17H2,1-2H3/t10-/m0/s1. The van der Waals surface area contributed by atoms with E-state index < -0.39 is 11.6 Å². The molecule has 5 nitrogen and oxygen atoms in total. The van der Waals surface area contributed by atoms with Gasteiger partial charge in [0.15, 0.2) is 11.6 Å². The van der Waals surface area contributed by atoms with Crippen molar-refractivity contribution in [3.63, 3.8) is 0 Å². The van der Waals surface area contributed by atoms with E-state index in [1.165, 1.54) is 12.1 Å². The van der Waals surface area contributed by atoms with Crippen LogP contribution in [0.1, 0.15) is 26.2 Å². The van der Waals surface area contributed by atoms with E-state index in [4.69, 9.17) is 10.3 Å². The highest BCUT2D eigenvalue weighted by Crippen LogP contribution is 2.23. The number of nitrogens with zero attached hydrogens (tertiary/aromatic N) is 2. The Morgan fingerprint density at radius 3 is 2.76 bits per heavy atom. The molecule has 0 bridgehead atoms. The minimum absolute atomic E-state index is 0.287. The largest absolute Gasteiger partial charge is 0.505 e. The Morgan fingerprint density at radius 2 is 2.14 bits per heavy atom. The number of phenolic OH excluding ortho intramolecular Hbond substituents is 1. The summed E-state index contributed by atoms with van der Waals surface area (Å²) in [7, 11) is 0. The van der Waals surface area contributed by atoms with Crippen molar-refractivity contribution in [2.45, 2.75) is 26.7 Å². The third-order valence-corrected chi connectivity index (χ3v) is 3.28. The second-order valence-corrected chi connectivity index (χ2v) is 5.61. The number of hydrogen-bond donors (Lipinski definition) is 2. The van der Waals surface area contributed by atoms with Crippen molar-refractivity contribution in [1.82, 2.24) is 10.1 Å². The lowest BCUT2D eigenvalue weighted by atomic mass is 9.94. The quantitative estimate of drug-likeness (QED) is 0.855. The maximum Gasteiger partial charge on any atom is 0.227 e. The first-order valence-electron chi connectivity index (χ1n) is 7.01. The van der Waals surface area contributed by atoms with Crippen molar-refractivity contribution in [3.05, 3.63) is 29.9 Å². The van der Waals surface area contributed by atoms with Gasteiger partial charge in [-0.2, -0.15) is 4.98 Å². The maximum atomic E-state index is 13.3. The molecular weight excluding hydrogens is 273 g/mol. The van der Waals surface area contributed by atoms with Gasteiger partial charge in [0.05, 0.1) is 0 Å². The number of aromatic hydroxyl groups is 1. The van der Waals surface area contributed by atoms with E-state index in [2.05, 4.69) is 24.0 Å². The first-order chi connectivity index (χ1) is 9.99. The highest BCUT2D eigenvalue weighted by Gasteiger charge is 2.16. The van der Waals surface area contributed by atoms with Crippen LogP contribution in [-0.4, -0.2) is 21.8 Å². The summed E-state index contributed by atoms with van der Waals surface area (Å²) < 4.78 is 18.5. The summed E-state index contributed by atoms with van der Waals surface area (Å²) in [6.07, 6.45) is 1.60. The van der Waals surface area contributed by atoms with Gasteiger partial charge in [-0.15, -0.1) is 0 Å². The molecule has 6 heteroatoms. The van der Waals surface area contributed by atoms with Gasteiger partial charge in [0.25, 0.3) is 0 Å². The molecular formula is C15H20FN3O2. The Morgan fingerprint density at radius 1 is 1.38 bits per heavy atom. The zero-order valence-corrected chi connectivity index (χ0v) is 12.2. The Hall–Kier alpha value is -1.95. The van der Waals surface area contributed by atoms with Crippen molar-refractivity contribution in [3.8, 4) is 17.1 Å². The lowest BCUT2D eigenvalue weighted by molar-refractivity contribution is 0.332. The molecule has 0 aliphatic carbocycles. The van der Waals surface area contributed by atoms with E-state index in [-0.39, 0.29) is 5.92 Å². The van der Waals surface area contributed by atoms with E-state index >= 15 is 0 Å². The number of rotatable bonds is 6. The molecule has 0 unspecified atom stereocenters. The zero-order chi connectivity index (χ0) is 15.4. The van der Waals surface area contributed by atoms with Gasteiger partial charge in [-0.05, 0) is 43.0 Å². The van der Waals surface area contributed by atoms with Crippen molar-refractivity contribution in [2.24, 2.45) is 17.6 Å². The first-order valence-corrected chi connectivity index (χ1v) is 7.01. The van der Waals surface area contributed by atoms with Gasteiger partial charge in [-0.25, -0.2) is 4.39 Å². The van der Waals surface area contributed by atoms with Crippen LogP contribution in [0, 0.1) is 17.7 Å². The number of nitrogens with two attached hydrogens (primary N) is 1. The van der Waals surface area contributed by atoms with Crippen LogP contribution in [0.3, 0.4) is 0 Å². The predicted molar refractivity (Wildman–Crippen MR) is 77.1 cm³/mol. The van der Waals surface area contributed by atoms with E-state index in [1.54, 1.807) is 6.07 Å². The molecule has 0 aliphatic heterocycles. The second-order valence-electron chi connectivity index (χ2n) is 5.61. The molecule has 0 spiro atoms. The SMILES string of the molecule is CC(C)C[C@H](CN)Cc1nc(-c2ccc(O)c(F)c2)no1. The summed E-state index contributed by atoms with van der Waals surface area (Å²) in [6, 6.07) is 3.99. The molecule has 3 N–H and O–H groups in total. The van der Waals surface area contributed by atoms with Gasteiger partial charge < -0.3 is 15.4 Å². The van der Waals surface area contributed by atoms with E-state index in [0.717, 1.165) is 6.42 Å². The van der Waals surface area contributed by atoms with Gasteiger partial charge in [-0.1, -0.05) is 19.0 Å². The van der Waals surface area contributed by atoms with Crippen LogP contribution in [-0.2, 0) is 6.42 Å². The van der Waals surface area contributed by atoms with Gasteiger partial charge >= 0.3 is 0 Å². The molecule has 21 heavy (non-hydrogen) atoms. The number of phenols is 1. The minimum Gasteiger partial charge on any atom is -0.505 e. The molecule has 0 saturated carbocycles. The highest BCUT2D eigenvalue weighted by atomic mass is 19.1. The van der Waals surface area contributed by atoms with E-state index in [9.17, 15) is 9.50 Å². The number of halogens is 1. The van der Waals surface area contributed by atoms with Gasteiger partial charge in [0.1, 0.15) is 0 Å². The summed E-state index contributed by atoms with van der Waals surface area (Å²) in [6.45, 7) is 4.84. The fourth-order valence-electron chi connectivity index (χ4n) is 2.28. The van der Waals surface area contributed by atoms with Crippen LogP contribution < -0.4 is 5.73 Å². The molecule has 0 saturated heterocycles. The van der Waals surface area contributed by atoms with Crippen molar-refractivity contribution in [2.75, 3.05) is 6.54 Å². The maximum absolute atomic E-state index is 13.3. The molecule has 0 aliphatic rings. The van der Waals surface area contributed by atoms with E-state index in [1.807, 2.05) is 0 Å². The minimum atomic E-state index is -0.710. The molecule has 0 radical (unpaired) electrons. The average molecular weight is 293 g/mol. The molecule has 1 aromatic heterocycles. The van der Waals surface area contributed by atoms with E-state index in [0.29, 0.717) is 36.2 Å². The summed E-state index contributed by atoms with van der Waals surface area (Å²) in [4.78, 5) is 4.26.